The van der Waals surface area contributed by atoms with Crippen molar-refractivity contribution in [2.75, 3.05) is 39.6 Å². The van der Waals surface area contributed by atoms with Gasteiger partial charge in [0.05, 0.1) is 6.54 Å². The molecule has 0 fully saturated rings. The highest BCUT2D eigenvalue weighted by atomic mass is 127. The second kappa shape index (κ2) is 13.7. The summed E-state index contributed by atoms with van der Waals surface area (Å²) in [5.74, 6) is 3.42. The lowest BCUT2D eigenvalue weighted by molar-refractivity contribution is 0.173. The number of hydrogen-bond acceptors (Lipinski definition) is 5. The van der Waals surface area contributed by atoms with Crippen molar-refractivity contribution in [3.05, 3.63) is 18.2 Å². The molecule has 3 N–H and O–H groups in total. The van der Waals surface area contributed by atoms with Crippen LogP contribution in [-0.2, 0) is 0 Å². The number of aliphatic imine (C=N–C) groups is 1. The standard InChI is InChI=1S/C19H31N3O4.HI/c1-3-5-15(8-10-23)13-22-19(20-4-2)21-9-11-24-16-6-7-17-18(12-16)26-14-25-17;/h6-7,12,15,23H,3-5,8-11,13-14H2,1-2H3,(H2,20,21,22);1H. The summed E-state index contributed by atoms with van der Waals surface area (Å²) in [6.07, 6.45) is 2.98. The number of aliphatic hydroxyl groups excluding tert-OH is 1. The molecule has 1 atom stereocenters. The zero-order chi connectivity index (χ0) is 18.6. The van der Waals surface area contributed by atoms with Gasteiger partial charge in [-0.2, -0.15) is 0 Å². The monoisotopic (exact) mass is 493 g/mol. The number of guanidine groups is 1. The summed E-state index contributed by atoms with van der Waals surface area (Å²) in [7, 11) is 0. The number of aliphatic hydroxyl groups is 1. The summed E-state index contributed by atoms with van der Waals surface area (Å²) in [5.41, 5.74) is 0. The Hall–Kier alpha value is -1.42. The highest BCUT2D eigenvalue weighted by Gasteiger charge is 2.13. The minimum absolute atomic E-state index is 0. The Labute approximate surface area is 178 Å². The summed E-state index contributed by atoms with van der Waals surface area (Å²) in [6.45, 7) is 7.34. The van der Waals surface area contributed by atoms with Crippen molar-refractivity contribution in [3.63, 3.8) is 0 Å². The minimum Gasteiger partial charge on any atom is -0.492 e. The van der Waals surface area contributed by atoms with E-state index in [9.17, 15) is 0 Å². The Morgan fingerprint density at radius 1 is 1.22 bits per heavy atom. The van der Waals surface area contributed by atoms with E-state index in [4.69, 9.17) is 19.3 Å². The molecule has 2 rings (SSSR count). The maximum Gasteiger partial charge on any atom is 0.231 e. The molecule has 27 heavy (non-hydrogen) atoms. The Kier molecular flexibility index (Phi) is 12.0. The van der Waals surface area contributed by atoms with Crippen molar-refractivity contribution in [1.29, 1.82) is 0 Å². The second-order valence-corrected chi connectivity index (χ2v) is 6.18. The number of hydrogen-bond donors (Lipinski definition) is 3. The topological polar surface area (TPSA) is 84.3 Å². The van der Waals surface area contributed by atoms with Gasteiger partial charge in [-0.25, -0.2) is 0 Å². The van der Waals surface area contributed by atoms with Crippen molar-refractivity contribution in [2.24, 2.45) is 10.9 Å². The van der Waals surface area contributed by atoms with Gasteiger partial charge in [-0.1, -0.05) is 13.3 Å². The fourth-order valence-electron chi connectivity index (χ4n) is 2.78. The number of benzene rings is 1. The zero-order valence-electron chi connectivity index (χ0n) is 16.2. The van der Waals surface area contributed by atoms with Gasteiger partial charge < -0.3 is 30.0 Å². The molecule has 154 valence electrons. The average molecular weight is 493 g/mol. The molecule has 7 nitrogen and oxygen atoms in total. The van der Waals surface area contributed by atoms with Crippen LogP contribution in [0.25, 0.3) is 0 Å². The van der Waals surface area contributed by atoms with Gasteiger partial charge in [-0.3, -0.25) is 4.99 Å². The van der Waals surface area contributed by atoms with E-state index in [1.165, 1.54) is 0 Å². The van der Waals surface area contributed by atoms with Gasteiger partial charge >= 0.3 is 0 Å². The van der Waals surface area contributed by atoms with Crippen LogP contribution >= 0.6 is 24.0 Å². The molecule has 1 unspecified atom stereocenters. The third-order valence-electron chi connectivity index (χ3n) is 4.09. The van der Waals surface area contributed by atoms with Crippen LogP contribution in [0.15, 0.2) is 23.2 Å². The van der Waals surface area contributed by atoms with Gasteiger partial charge in [0.15, 0.2) is 17.5 Å². The molecule has 0 bridgehead atoms. The molecule has 1 aliphatic heterocycles. The number of nitrogens with zero attached hydrogens (tertiary/aromatic N) is 1. The van der Waals surface area contributed by atoms with Crippen LogP contribution in [0.2, 0.25) is 0 Å². The largest absolute Gasteiger partial charge is 0.492 e. The maximum atomic E-state index is 9.16. The molecule has 0 amide bonds. The van der Waals surface area contributed by atoms with Crippen LogP contribution in [0.4, 0.5) is 0 Å². The Balaban J connectivity index is 0.00000364. The minimum atomic E-state index is 0. The van der Waals surface area contributed by atoms with Crippen LogP contribution in [0.1, 0.15) is 33.1 Å². The number of rotatable bonds is 11. The molecule has 0 spiro atoms. The van der Waals surface area contributed by atoms with Crippen molar-refractivity contribution in [2.45, 2.75) is 33.1 Å². The molecule has 0 radical (unpaired) electrons. The summed E-state index contributed by atoms with van der Waals surface area (Å²) < 4.78 is 16.4. The molecule has 0 aromatic heterocycles. The first-order valence-corrected chi connectivity index (χ1v) is 9.42. The maximum absolute atomic E-state index is 9.16. The predicted octanol–water partition coefficient (Wildman–Crippen LogP) is 2.77. The molecule has 0 saturated heterocycles. The van der Waals surface area contributed by atoms with Crippen LogP contribution in [0.3, 0.4) is 0 Å². The predicted molar refractivity (Wildman–Crippen MR) is 118 cm³/mol. The summed E-state index contributed by atoms with van der Waals surface area (Å²) in [4.78, 5) is 4.63. The first-order valence-electron chi connectivity index (χ1n) is 9.42. The first kappa shape index (κ1) is 23.6. The quantitative estimate of drug-likeness (QED) is 0.190. The molecule has 0 aliphatic carbocycles. The third kappa shape index (κ3) is 8.42. The van der Waals surface area contributed by atoms with Gasteiger partial charge in [0, 0.05) is 25.8 Å². The van der Waals surface area contributed by atoms with Gasteiger partial charge in [0.2, 0.25) is 6.79 Å². The van der Waals surface area contributed by atoms with Gasteiger partial charge in [0.25, 0.3) is 0 Å². The summed E-state index contributed by atoms with van der Waals surface area (Å²) >= 11 is 0. The molecule has 8 heteroatoms. The van der Waals surface area contributed by atoms with Crippen molar-refractivity contribution >= 4 is 29.9 Å². The Bertz CT molecular complexity index is 566. The van der Waals surface area contributed by atoms with Crippen LogP contribution < -0.4 is 24.8 Å². The molecular formula is C19H32IN3O4. The van der Waals surface area contributed by atoms with E-state index >= 15 is 0 Å². The number of fused-ring (bicyclic) bond motifs is 1. The van der Waals surface area contributed by atoms with Gasteiger partial charge in [0.1, 0.15) is 12.4 Å². The smallest absolute Gasteiger partial charge is 0.231 e. The molecule has 1 heterocycles. The summed E-state index contributed by atoms with van der Waals surface area (Å²) in [5, 5.41) is 15.7. The van der Waals surface area contributed by atoms with Crippen molar-refractivity contribution < 1.29 is 19.3 Å². The third-order valence-corrected chi connectivity index (χ3v) is 4.09. The highest BCUT2D eigenvalue weighted by molar-refractivity contribution is 14.0. The zero-order valence-corrected chi connectivity index (χ0v) is 18.5. The van der Waals surface area contributed by atoms with E-state index in [0.717, 1.165) is 49.0 Å². The van der Waals surface area contributed by atoms with Crippen molar-refractivity contribution in [3.8, 4) is 17.2 Å². The van der Waals surface area contributed by atoms with Crippen molar-refractivity contribution in [1.82, 2.24) is 10.6 Å². The second-order valence-electron chi connectivity index (χ2n) is 6.18. The van der Waals surface area contributed by atoms with Gasteiger partial charge in [-0.15, -0.1) is 24.0 Å². The van der Waals surface area contributed by atoms with Gasteiger partial charge in [-0.05, 0) is 37.8 Å². The fourth-order valence-corrected chi connectivity index (χ4v) is 2.78. The lowest BCUT2D eigenvalue weighted by atomic mass is 10.0. The van der Waals surface area contributed by atoms with E-state index < -0.39 is 0 Å². The normalized spacial score (nSPS) is 13.7. The first-order chi connectivity index (χ1) is 12.8. The van der Waals surface area contributed by atoms with E-state index in [-0.39, 0.29) is 37.4 Å². The Morgan fingerprint density at radius 2 is 2.04 bits per heavy atom. The van der Waals surface area contributed by atoms with E-state index in [0.29, 0.717) is 25.6 Å². The lowest BCUT2D eigenvalue weighted by Gasteiger charge is -2.15. The molecule has 0 saturated carbocycles. The average Bonchev–Trinajstić information content (AvgIpc) is 3.11. The van der Waals surface area contributed by atoms with Crippen LogP contribution in [-0.4, -0.2) is 50.7 Å². The number of halogens is 1. The SMILES string of the molecule is CCCC(CCO)CN=C(NCC)NCCOc1ccc2c(c1)OCO2.I. The van der Waals surface area contributed by atoms with Crippen LogP contribution in [0.5, 0.6) is 17.2 Å². The van der Waals surface area contributed by atoms with Crippen LogP contribution in [0, 0.1) is 5.92 Å². The molecule has 1 aromatic carbocycles. The fraction of sp³-hybridized carbons (Fsp3) is 0.632. The molecule has 1 aromatic rings. The van der Waals surface area contributed by atoms with E-state index in [2.05, 4.69) is 22.5 Å². The summed E-state index contributed by atoms with van der Waals surface area (Å²) in [6, 6.07) is 5.56. The Morgan fingerprint density at radius 3 is 2.78 bits per heavy atom. The molecule has 1 aliphatic rings. The molecular weight excluding hydrogens is 461 g/mol. The number of ether oxygens (including phenoxy) is 3. The lowest BCUT2D eigenvalue weighted by Crippen LogP contribution is -2.39. The number of nitrogens with one attached hydrogen (secondary N) is 2. The van der Waals surface area contributed by atoms with E-state index in [1.807, 2.05) is 25.1 Å². The highest BCUT2D eigenvalue weighted by Crippen LogP contribution is 2.34. The van der Waals surface area contributed by atoms with E-state index in [1.54, 1.807) is 0 Å².